The molecule has 1 aliphatic rings. The zero-order valence-corrected chi connectivity index (χ0v) is 32.9. The second kappa shape index (κ2) is 14.8. The van der Waals surface area contributed by atoms with Crippen molar-refractivity contribution >= 4 is 10.1 Å². The Labute approximate surface area is 316 Å². The summed E-state index contributed by atoms with van der Waals surface area (Å²) in [6.07, 6.45) is 0.887. The van der Waals surface area contributed by atoms with Gasteiger partial charge in [-0.2, -0.15) is 21.6 Å². The van der Waals surface area contributed by atoms with Crippen LogP contribution in [0.1, 0.15) is 73.4 Å². The molecule has 0 spiro atoms. The van der Waals surface area contributed by atoms with Crippen LogP contribution in [0.2, 0.25) is 0 Å². The Bertz CT molecular complexity index is 2200. The fourth-order valence-electron chi connectivity index (χ4n) is 6.26. The molecule has 0 aliphatic heterocycles. The highest BCUT2D eigenvalue weighted by Crippen LogP contribution is 2.51. The van der Waals surface area contributed by atoms with Crippen LogP contribution in [0.3, 0.4) is 0 Å². The molecule has 5 aromatic rings. The van der Waals surface area contributed by atoms with E-state index >= 15 is 0 Å². The number of rotatable bonds is 6. The lowest BCUT2D eigenvalue weighted by molar-refractivity contribution is -0.0510. The van der Waals surface area contributed by atoms with Crippen LogP contribution in [0, 0.1) is 0 Å². The van der Waals surface area contributed by atoms with E-state index in [-0.39, 0.29) is 16.8 Å². The third-order valence-corrected chi connectivity index (χ3v) is 8.71. The van der Waals surface area contributed by atoms with Crippen LogP contribution in [-0.4, -0.2) is 35.3 Å². The van der Waals surface area contributed by atoms with Gasteiger partial charge < -0.3 is 14.2 Å². The van der Waals surface area contributed by atoms with Crippen LogP contribution >= 0.6 is 0 Å². The minimum atomic E-state index is -5.84. The molecule has 1 aliphatic carbocycles. The van der Waals surface area contributed by atoms with Crippen molar-refractivity contribution in [3.63, 3.8) is 0 Å². The molecule has 5 aromatic carbocycles. The lowest BCUT2D eigenvalue weighted by atomic mass is 9.82. The lowest BCUT2D eigenvalue weighted by Gasteiger charge is -2.24. The number of hydrogen-bond acceptors (Lipinski definition) is 5. The fraction of sp³-hybridized carbons (Fsp3) is 0.318. The summed E-state index contributed by atoms with van der Waals surface area (Å²) in [4.78, 5) is 0. The van der Waals surface area contributed by atoms with Crippen LogP contribution in [0.4, 0.5) is 13.2 Å². The molecule has 6 rings (SSSR count). The number of benzene rings is 5. The summed E-state index contributed by atoms with van der Waals surface area (Å²) in [7, 11) is -5.84. The molecule has 0 saturated heterocycles. The van der Waals surface area contributed by atoms with Gasteiger partial charge in [-0.05, 0) is 167 Å². The molecule has 1 N–H and O–H groups in total. The van der Waals surface area contributed by atoms with E-state index in [2.05, 4.69) is 165 Å². The summed E-state index contributed by atoms with van der Waals surface area (Å²) in [5.41, 5.74) is 6.09. The van der Waals surface area contributed by atoms with Gasteiger partial charge in [0.2, 0.25) is 0 Å². The van der Waals surface area contributed by atoms with Gasteiger partial charge in [0.05, 0.1) is 0 Å². The summed E-state index contributed by atoms with van der Waals surface area (Å²) >= 11 is 0. The van der Waals surface area contributed by atoms with E-state index in [0.29, 0.717) is 0 Å². The largest absolute Gasteiger partial charge is 0.522 e. The van der Waals surface area contributed by atoms with E-state index in [9.17, 15) is 13.2 Å². The molecule has 0 bridgehead atoms. The van der Waals surface area contributed by atoms with Crippen molar-refractivity contribution in [1.82, 2.24) is 0 Å². The highest BCUT2D eigenvalue weighted by Gasteiger charge is 2.44. The molecule has 0 aromatic heterocycles. The van der Waals surface area contributed by atoms with E-state index in [0.717, 1.165) is 34.8 Å². The number of halogens is 3. The Kier molecular flexibility index (Phi) is 11.1. The Morgan fingerprint density at radius 2 is 0.889 bits per heavy atom. The first-order valence-electron chi connectivity index (χ1n) is 17.6. The van der Waals surface area contributed by atoms with Gasteiger partial charge in [-0.15, -0.1) is 0 Å². The molecule has 0 heterocycles. The zero-order valence-electron chi connectivity index (χ0n) is 32.1. The molecule has 0 radical (unpaired) electrons. The van der Waals surface area contributed by atoms with E-state index < -0.39 is 15.6 Å². The van der Waals surface area contributed by atoms with Gasteiger partial charge >= 0.3 is 15.6 Å². The molecule has 0 saturated carbocycles. The topological polar surface area (TPSA) is 82.1 Å². The number of fused-ring (bicyclic) bond motifs is 3. The molecule has 0 unspecified atom stereocenters. The van der Waals surface area contributed by atoms with E-state index in [1.54, 1.807) is 0 Å². The molecule has 6 nitrogen and oxygen atoms in total. The van der Waals surface area contributed by atoms with Gasteiger partial charge in [0.15, 0.2) is 0 Å². The highest BCUT2D eigenvalue weighted by atomic mass is 32.2. The summed E-state index contributed by atoms with van der Waals surface area (Å²) in [5.74, 6) is 2.59. The Balaban J connectivity index is 0.000000631. The monoisotopic (exact) mass is 760 g/mol. The molecule has 286 valence electrons. The van der Waals surface area contributed by atoms with Crippen molar-refractivity contribution in [2.24, 2.45) is 0 Å². The second-order valence-electron chi connectivity index (χ2n) is 16.2. The van der Waals surface area contributed by atoms with Crippen molar-refractivity contribution in [3.05, 3.63) is 114 Å². The van der Waals surface area contributed by atoms with Crippen molar-refractivity contribution in [1.29, 1.82) is 0 Å². The standard InChI is InChI=1S/C43H46O3.CHF3O3S/c1-41(2,3)44-32-20-14-28(15-21-32)36-27-37-35-13-11-10-12-31(35)26-38(37)40(30-18-24-34(25-19-30)46-43(7,8)9)39(36)29-16-22-33(23-17-29)45-42(4,5)6;2-1(3,4)8(5,6)7/h10-25,27H,26H2,1-9H3;(H,5,6,7). The third kappa shape index (κ3) is 10.0. The Hall–Kier alpha value is -4.80. The van der Waals surface area contributed by atoms with Crippen molar-refractivity contribution < 1.29 is 40.4 Å². The Morgan fingerprint density at radius 3 is 1.28 bits per heavy atom. The Morgan fingerprint density at radius 1 is 0.519 bits per heavy atom. The van der Waals surface area contributed by atoms with Crippen molar-refractivity contribution in [2.75, 3.05) is 0 Å². The SMILES string of the molecule is CC(C)(C)Oc1ccc(-c2cc3c(c(-c4ccc(OC(C)(C)C)cc4)c2-c2ccc(OC(C)(C)C)cc2)Cc2ccccc2-3)cc1.O=S(=O)(O)C(F)(F)F. The van der Waals surface area contributed by atoms with Gasteiger partial charge in [0.25, 0.3) is 0 Å². The zero-order chi connectivity index (χ0) is 39.9. The van der Waals surface area contributed by atoms with E-state index in [1.165, 1.54) is 44.5 Å². The predicted molar refractivity (Wildman–Crippen MR) is 210 cm³/mol. The van der Waals surface area contributed by atoms with Crippen LogP contribution < -0.4 is 14.2 Å². The molecule has 10 heteroatoms. The quantitative estimate of drug-likeness (QED) is 0.134. The maximum Gasteiger partial charge on any atom is 0.522 e. The molecular weight excluding hydrogens is 714 g/mol. The number of hydrogen-bond donors (Lipinski definition) is 1. The van der Waals surface area contributed by atoms with Crippen molar-refractivity contribution in [3.8, 4) is 61.8 Å². The van der Waals surface area contributed by atoms with Crippen LogP contribution in [0.25, 0.3) is 44.5 Å². The minimum Gasteiger partial charge on any atom is -0.488 e. The molecule has 0 amide bonds. The normalized spacial score (nSPS) is 13.0. The van der Waals surface area contributed by atoms with Gasteiger partial charge in [-0.1, -0.05) is 60.7 Å². The van der Waals surface area contributed by atoms with Gasteiger partial charge in [-0.25, -0.2) is 0 Å². The fourth-order valence-corrected chi connectivity index (χ4v) is 6.26. The second-order valence-corrected chi connectivity index (χ2v) is 17.6. The average molecular weight is 761 g/mol. The molecule has 0 atom stereocenters. The third-order valence-electron chi connectivity index (χ3n) is 8.13. The van der Waals surface area contributed by atoms with Crippen molar-refractivity contribution in [2.45, 2.75) is 91.0 Å². The number of alkyl halides is 3. The van der Waals surface area contributed by atoms with E-state index in [1.807, 2.05) is 0 Å². The highest BCUT2D eigenvalue weighted by molar-refractivity contribution is 7.86. The van der Waals surface area contributed by atoms with Crippen LogP contribution in [0.5, 0.6) is 17.2 Å². The maximum absolute atomic E-state index is 10.7. The minimum absolute atomic E-state index is 0.267. The van der Waals surface area contributed by atoms with Crippen LogP contribution in [-0.2, 0) is 16.5 Å². The first-order valence-corrected chi connectivity index (χ1v) is 19.0. The van der Waals surface area contributed by atoms with Gasteiger partial charge in [0.1, 0.15) is 34.1 Å². The summed E-state index contributed by atoms with van der Waals surface area (Å²) in [5, 5.41) is 0. The lowest BCUT2D eigenvalue weighted by Crippen LogP contribution is -2.22. The first-order chi connectivity index (χ1) is 24.9. The van der Waals surface area contributed by atoms with Crippen LogP contribution in [0.15, 0.2) is 103 Å². The van der Waals surface area contributed by atoms with Gasteiger partial charge in [0, 0.05) is 0 Å². The molecule has 0 fully saturated rings. The smallest absolute Gasteiger partial charge is 0.488 e. The van der Waals surface area contributed by atoms with E-state index in [4.69, 9.17) is 27.2 Å². The summed E-state index contributed by atoms with van der Waals surface area (Å²) in [6, 6.07) is 37.0. The summed E-state index contributed by atoms with van der Waals surface area (Å²) in [6.45, 7) is 18.7. The average Bonchev–Trinajstić information content (AvgIpc) is 3.41. The first kappa shape index (κ1) is 40.4. The maximum atomic E-state index is 10.7. The molecule has 54 heavy (non-hydrogen) atoms. The predicted octanol–water partition coefficient (Wildman–Crippen LogP) is 12.2. The van der Waals surface area contributed by atoms with Gasteiger partial charge in [-0.3, -0.25) is 4.55 Å². The number of ether oxygens (including phenoxy) is 3. The summed E-state index contributed by atoms with van der Waals surface area (Å²) < 4.78 is 76.2. The molecular formula is C44H47F3O6S.